The number of hydrogen-bond acceptors (Lipinski definition) is 4. The Morgan fingerprint density at radius 1 is 0.490 bits per heavy atom. The molecule has 0 aliphatic rings. The summed E-state index contributed by atoms with van der Waals surface area (Å²) in [4.78, 5) is 12.4. The van der Waals surface area contributed by atoms with E-state index in [2.05, 4.69) is 19.2 Å². The molecule has 0 saturated carbocycles. The second-order valence-corrected chi connectivity index (χ2v) is 15.3. The number of aliphatic hydroxyl groups is 3. The lowest BCUT2D eigenvalue weighted by Gasteiger charge is -2.24. The summed E-state index contributed by atoms with van der Waals surface area (Å²) in [5.41, 5.74) is 0. The molecule has 0 rings (SSSR count). The highest BCUT2D eigenvalue weighted by atomic mass is 16.3. The summed E-state index contributed by atoms with van der Waals surface area (Å²) in [5.74, 6) is -0.164. The Bertz CT molecular complexity index is 684. The SMILES string of the molecule is CCCCCCCCCCCC/C=C/[C@@H](O)[C@@H](O)[C@H](CO)NC(=O)CCCCCCCCCCCCCCCCCCCCCCCCC. The molecule has 4 N–H and O–H groups in total. The van der Waals surface area contributed by atoms with E-state index in [9.17, 15) is 20.1 Å². The molecule has 0 aromatic rings. The van der Waals surface area contributed by atoms with Crippen molar-refractivity contribution in [3.63, 3.8) is 0 Å². The van der Waals surface area contributed by atoms with Gasteiger partial charge in [0.05, 0.1) is 12.6 Å². The van der Waals surface area contributed by atoms with Crippen LogP contribution in [0.15, 0.2) is 12.2 Å². The van der Waals surface area contributed by atoms with E-state index in [1.165, 1.54) is 186 Å². The summed E-state index contributed by atoms with van der Waals surface area (Å²) in [5, 5.41) is 33.3. The Hall–Kier alpha value is -0.910. The lowest BCUT2D eigenvalue weighted by atomic mass is 10.0. The van der Waals surface area contributed by atoms with Crippen LogP contribution >= 0.6 is 0 Å². The summed E-state index contributed by atoms with van der Waals surface area (Å²) in [6, 6.07) is -0.853. The van der Waals surface area contributed by atoms with E-state index in [1.807, 2.05) is 6.08 Å². The van der Waals surface area contributed by atoms with Crippen LogP contribution in [0.3, 0.4) is 0 Å². The minimum Gasteiger partial charge on any atom is -0.394 e. The molecule has 0 bridgehead atoms. The number of amides is 1. The predicted octanol–water partition coefficient (Wildman–Crippen LogP) is 12.4. The lowest BCUT2D eigenvalue weighted by molar-refractivity contribution is -0.123. The number of carbonyl (C=O) groups is 1. The first kappa shape index (κ1) is 48.1. The lowest BCUT2D eigenvalue weighted by Crippen LogP contribution is -2.50. The maximum absolute atomic E-state index is 12.4. The van der Waals surface area contributed by atoms with Crippen molar-refractivity contribution >= 4 is 5.91 Å². The number of rotatable bonds is 40. The fraction of sp³-hybridized carbons (Fsp3) is 0.932. The van der Waals surface area contributed by atoms with E-state index in [4.69, 9.17) is 0 Å². The number of nitrogens with one attached hydrogen (secondary N) is 1. The van der Waals surface area contributed by atoms with E-state index < -0.39 is 24.9 Å². The molecule has 0 aliphatic heterocycles. The molecule has 5 nitrogen and oxygen atoms in total. The first-order valence-electron chi connectivity index (χ1n) is 22.0. The van der Waals surface area contributed by atoms with Crippen molar-refractivity contribution < 1.29 is 20.1 Å². The summed E-state index contributed by atoms with van der Waals surface area (Å²) in [7, 11) is 0. The summed E-state index contributed by atoms with van der Waals surface area (Å²) < 4.78 is 0. The molecule has 1 amide bonds. The third-order valence-corrected chi connectivity index (χ3v) is 10.4. The molecule has 0 aliphatic carbocycles. The van der Waals surface area contributed by atoms with Crippen LogP contribution in [0, 0.1) is 0 Å². The van der Waals surface area contributed by atoms with Crippen LogP contribution in [0.2, 0.25) is 0 Å². The fourth-order valence-corrected chi connectivity index (χ4v) is 6.93. The van der Waals surface area contributed by atoms with Crippen LogP contribution in [-0.2, 0) is 4.79 Å². The number of unbranched alkanes of at least 4 members (excludes halogenated alkanes) is 32. The molecule has 0 heterocycles. The van der Waals surface area contributed by atoms with Crippen molar-refractivity contribution in [2.75, 3.05) is 6.61 Å². The quantitative estimate of drug-likeness (QED) is 0.0380. The highest BCUT2D eigenvalue weighted by Crippen LogP contribution is 2.16. The van der Waals surface area contributed by atoms with Crippen LogP contribution < -0.4 is 5.32 Å². The molecule has 49 heavy (non-hydrogen) atoms. The maximum atomic E-state index is 12.4. The molecule has 0 radical (unpaired) electrons. The normalized spacial score (nSPS) is 13.7. The van der Waals surface area contributed by atoms with E-state index >= 15 is 0 Å². The van der Waals surface area contributed by atoms with Gasteiger partial charge in [0.25, 0.3) is 0 Å². The standard InChI is InChI=1S/C44H87NO4/c1-3-5-7-9-11-13-15-17-18-19-20-21-22-23-24-25-26-27-29-31-33-35-37-39-43(48)45-41(40-46)44(49)42(47)38-36-34-32-30-28-16-14-12-10-8-6-4-2/h36,38,41-42,44,46-47,49H,3-35,37,39-40H2,1-2H3,(H,45,48)/b38-36+/t41-,42+,44-/m0/s1. The fourth-order valence-electron chi connectivity index (χ4n) is 6.93. The van der Waals surface area contributed by atoms with Gasteiger partial charge in [-0.05, 0) is 19.3 Å². The predicted molar refractivity (Wildman–Crippen MR) is 213 cm³/mol. The van der Waals surface area contributed by atoms with Gasteiger partial charge in [-0.25, -0.2) is 0 Å². The zero-order valence-electron chi connectivity index (χ0n) is 33.1. The number of aliphatic hydroxyl groups excluding tert-OH is 3. The van der Waals surface area contributed by atoms with Crippen LogP contribution in [0.4, 0.5) is 0 Å². The zero-order valence-corrected chi connectivity index (χ0v) is 33.1. The number of carbonyl (C=O) groups excluding carboxylic acids is 1. The van der Waals surface area contributed by atoms with Gasteiger partial charge in [0.15, 0.2) is 0 Å². The van der Waals surface area contributed by atoms with Crippen LogP contribution in [0.1, 0.15) is 239 Å². The summed E-state index contributed by atoms with van der Waals surface area (Å²) in [6.07, 6.45) is 46.4. The molecule has 0 aromatic carbocycles. The van der Waals surface area contributed by atoms with Crippen LogP contribution in [0.5, 0.6) is 0 Å². The summed E-state index contributed by atoms with van der Waals surface area (Å²) in [6.45, 7) is 4.15. The zero-order chi connectivity index (χ0) is 35.9. The Morgan fingerprint density at radius 2 is 0.796 bits per heavy atom. The van der Waals surface area contributed by atoms with E-state index in [0.717, 1.165) is 32.1 Å². The Balaban J connectivity index is 3.58. The maximum Gasteiger partial charge on any atom is 0.220 e. The highest BCUT2D eigenvalue weighted by Gasteiger charge is 2.25. The Morgan fingerprint density at radius 3 is 1.12 bits per heavy atom. The van der Waals surface area contributed by atoms with E-state index in [1.54, 1.807) is 6.08 Å². The Labute approximate surface area is 306 Å². The second kappa shape index (κ2) is 39.9. The third-order valence-electron chi connectivity index (χ3n) is 10.4. The van der Waals surface area contributed by atoms with Gasteiger partial charge in [-0.2, -0.15) is 0 Å². The molecular weight excluding hydrogens is 606 g/mol. The molecule has 0 aromatic heterocycles. The largest absolute Gasteiger partial charge is 0.394 e. The van der Waals surface area contributed by atoms with Crippen molar-refractivity contribution in [1.29, 1.82) is 0 Å². The molecule has 5 heteroatoms. The van der Waals surface area contributed by atoms with E-state index in [-0.39, 0.29) is 5.91 Å². The topological polar surface area (TPSA) is 89.8 Å². The average Bonchev–Trinajstić information content (AvgIpc) is 3.10. The van der Waals surface area contributed by atoms with Gasteiger partial charge in [0.2, 0.25) is 5.91 Å². The second-order valence-electron chi connectivity index (χ2n) is 15.3. The molecule has 3 atom stereocenters. The molecule has 292 valence electrons. The van der Waals surface area contributed by atoms with Crippen molar-refractivity contribution in [3.8, 4) is 0 Å². The minimum atomic E-state index is -1.22. The first-order chi connectivity index (χ1) is 24.1. The minimum absolute atomic E-state index is 0.164. The first-order valence-corrected chi connectivity index (χ1v) is 22.0. The van der Waals surface area contributed by atoms with Gasteiger partial charge in [-0.15, -0.1) is 0 Å². The summed E-state index contributed by atoms with van der Waals surface area (Å²) >= 11 is 0. The van der Waals surface area contributed by atoms with Crippen LogP contribution in [-0.4, -0.2) is 46.1 Å². The number of hydrogen-bond donors (Lipinski definition) is 4. The van der Waals surface area contributed by atoms with E-state index in [0.29, 0.717) is 6.42 Å². The van der Waals surface area contributed by atoms with Crippen LogP contribution in [0.25, 0.3) is 0 Å². The van der Waals surface area contributed by atoms with Crippen molar-refractivity contribution in [3.05, 3.63) is 12.2 Å². The van der Waals surface area contributed by atoms with Gasteiger partial charge in [0, 0.05) is 6.42 Å². The molecule has 0 fully saturated rings. The molecule has 0 unspecified atom stereocenters. The van der Waals surface area contributed by atoms with Gasteiger partial charge in [0.1, 0.15) is 12.2 Å². The molecular formula is C44H87NO4. The highest BCUT2D eigenvalue weighted by molar-refractivity contribution is 5.76. The van der Waals surface area contributed by atoms with Gasteiger partial charge >= 0.3 is 0 Å². The van der Waals surface area contributed by atoms with Crippen molar-refractivity contribution in [2.45, 2.75) is 257 Å². The average molecular weight is 694 g/mol. The monoisotopic (exact) mass is 694 g/mol. The third kappa shape index (κ3) is 35.3. The van der Waals surface area contributed by atoms with Gasteiger partial charge in [-0.1, -0.05) is 225 Å². The van der Waals surface area contributed by atoms with Gasteiger partial charge in [-0.3, -0.25) is 4.79 Å². The number of allylic oxidation sites excluding steroid dienone is 1. The van der Waals surface area contributed by atoms with Crippen molar-refractivity contribution in [1.82, 2.24) is 5.32 Å². The smallest absolute Gasteiger partial charge is 0.220 e. The Kier molecular flexibility index (Phi) is 39.1. The van der Waals surface area contributed by atoms with Gasteiger partial charge < -0.3 is 20.6 Å². The van der Waals surface area contributed by atoms with Crippen molar-refractivity contribution in [2.24, 2.45) is 0 Å². The molecule has 0 saturated heterocycles. The molecule has 0 spiro atoms.